The average molecular weight is 262 g/mol. The van der Waals surface area contributed by atoms with Crippen molar-refractivity contribution in [3.05, 3.63) is 35.9 Å². The van der Waals surface area contributed by atoms with E-state index in [2.05, 4.69) is 5.32 Å². The van der Waals surface area contributed by atoms with Crippen molar-refractivity contribution in [1.82, 2.24) is 5.32 Å². The molecule has 1 aromatic carbocycles. The lowest BCUT2D eigenvalue weighted by Crippen LogP contribution is -2.33. The van der Waals surface area contributed by atoms with E-state index in [0.29, 0.717) is 18.6 Å². The summed E-state index contributed by atoms with van der Waals surface area (Å²) in [7, 11) is 0. The summed E-state index contributed by atoms with van der Waals surface area (Å²) in [4.78, 5) is 23.5. The number of ketones is 1. The van der Waals surface area contributed by atoms with Crippen LogP contribution in [0, 0.1) is 5.92 Å². The second-order valence-electron chi connectivity index (χ2n) is 4.64. The van der Waals surface area contributed by atoms with Gasteiger partial charge >= 0.3 is 0 Å². The molecule has 2 rings (SSSR count). The average Bonchev–Trinajstić information content (AvgIpc) is 2.91. The smallest absolute Gasteiger partial charge is 0.221 e. The van der Waals surface area contributed by atoms with E-state index < -0.39 is 11.8 Å². The molecule has 0 spiro atoms. The summed E-state index contributed by atoms with van der Waals surface area (Å²) in [5.74, 6) is -1.02. The van der Waals surface area contributed by atoms with E-state index in [1.165, 1.54) is 0 Å². The topological polar surface area (TPSA) is 81.4 Å². The Labute approximate surface area is 112 Å². The maximum Gasteiger partial charge on any atom is 0.221 e. The SMILES string of the molecule is NC(=O)C(CC(=O)c1ccccc1)CC1NCCO1. The molecular weight excluding hydrogens is 244 g/mol. The number of ether oxygens (including phenoxy) is 1. The summed E-state index contributed by atoms with van der Waals surface area (Å²) in [5.41, 5.74) is 5.97. The van der Waals surface area contributed by atoms with E-state index >= 15 is 0 Å². The van der Waals surface area contributed by atoms with Gasteiger partial charge in [-0.05, 0) is 6.42 Å². The minimum absolute atomic E-state index is 0.0672. The third kappa shape index (κ3) is 3.87. The molecule has 1 amide bonds. The van der Waals surface area contributed by atoms with Crippen LogP contribution in [0.15, 0.2) is 30.3 Å². The van der Waals surface area contributed by atoms with Gasteiger partial charge in [0.1, 0.15) is 6.23 Å². The van der Waals surface area contributed by atoms with Crippen molar-refractivity contribution in [1.29, 1.82) is 0 Å². The summed E-state index contributed by atoms with van der Waals surface area (Å²) in [6.45, 7) is 1.39. The first-order valence-corrected chi connectivity index (χ1v) is 6.39. The van der Waals surface area contributed by atoms with Crippen LogP contribution in [-0.4, -0.2) is 31.1 Å². The number of Topliss-reactive ketones (excluding diaryl/α,β-unsaturated/α-hetero) is 1. The number of amides is 1. The standard InChI is InChI=1S/C14H18N2O3/c15-14(18)11(9-13-16-6-7-19-13)8-12(17)10-4-2-1-3-5-10/h1-5,11,13,16H,6-9H2,(H2,15,18). The number of carbonyl (C=O) groups excluding carboxylic acids is 2. The highest BCUT2D eigenvalue weighted by Crippen LogP contribution is 2.17. The lowest BCUT2D eigenvalue weighted by atomic mass is 9.94. The van der Waals surface area contributed by atoms with E-state index in [-0.39, 0.29) is 18.4 Å². The molecule has 5 nitrogen and oxygen atoms in total. The number of primary amides is 1. The van der Waals surface area contributed by atoms with Crippen LogP contribution in [0.3, 0.4) is 0 Å². The van der Waals surface area contributed by atoms with Gasteiger partial charge < -0.3 is 10.5 Å². The van der Waals surface area contributed by atoms with Crippen LogP contribution < -0.4 is 11.1 Å². The van der Waals surface area contributed by atoms with Gasteiger partial charge in [-0.3, -0.25) is 14.9 Å². The molecule has 0 aliphatic carbocycles. The minimum Gasteiger partial charge on any atom is -0.369 e. The monoisotopic (exact) mass is 262 g/mol. The Hall–Kier alpha value is -1.72. The zero-order valence-corrected chi connectivity index (χ0v) is 10.7. The highest BCUT2D eigenvalue weighted by Gasteiger charge is 2.26. The van der Waals surface area contributed by atoms with Gasteiger partial charge in [-0.15, -0.1) is 0 Å². The molecule has 19 heavy (non-hydrogen) atoms. The summed E-state index contributed by atoms with van der Waals surface area (Å²) >= 11 is 0. The summed E-state index contributed by atoms with van der Waals surface area (Å²) in [6.07, 6.45) is 0.385. The third-order valence-electron chi connectivity index (χ3n) is 3.22. The van der Waals surface area contributed by atoms with E-state index in [0.717, 1.165) is 6.54 Å². The molecule has 3 N–H and O–H groups in total. The van der Waals surface area contributed by atoms with Gasteiger partial charge in [-0.25, -0.2) is 0 Å². The maximum absolute atomic E-state index is 12.1. The molecule has 102 valence electrons. The predicted octanol–water partition coefficient (Wildman–Crippen LogP) is 0.697. The molecule has 1 saturated heterocycles. The van der Waals surface area contributed by atoms with E-state index in [1.807, 2.05) is 6.07 Å². The first-order valence-electron chi connectivity index (χ1n) is 6.39. The lowest BCUT2D eigenvalue weighted by molar-refractivity contribution is -0.122. The van der Waals surface area contributed by atoms with Crippen LogP contribution in [-0.2, 0) is 9.53 Å². The van der Waals surface area contributed by atoms with Crippen LogP contribution in [0.2, 0.25) is 0 Å². The van der Waals surface area contributed by atoms with E-state index in [9.17, 15) is 9.59 Å². The molecule has 1 heterocycles. The Kier molecular flexibility index (Phi) is 4.65. The molecule has 1 fully saturated rings. The fraction of sp³-hybridized carbons (Fsp3) is 0.429. The van der Waals surface area contributed by atoms with Gasteiger partial charge in [0.2, 0.25) is 5.91 Å². The number of hydrogen-bond acceptors (Lipinski definition) is 4. The predicted molar refractivity (Wildman–Crippen MR) is 70.4 cm³/mol. The van der Waals surface area contributed by atoms with Crippen LogP contribution in [0.1, 0.15) is 23.2 Å². The van der Waals surface area contributed by atoms with Crippen LogP contribution >= 0.6 is 0 Å². The fourth-order valence-corrected chi connectivity index (χ4v) is 2.16. The largest absolute Gasteiger partial charge is 0.369 e. The zero-order valence-electron chi connectivity index (χ0n) is 10.7. The molecule has 1 aromatic rings. The van der Waals surface area contributed by atoms with Crippen molar-refractivity contribution in [2.24, 2.45) is 11.7 Å². The highest BCUT2D eigenvalue weighted by atomic mass is 16.5. The summed E-state index contributed by atoms with van der Waals surface area (Å²) < 4.78 is 5.39. The molecule has 1 aliphatic heterocycles. The Morgan fingerprint density at radius 3 is 2.68 bits per heavy atom. The van der Waals surface area contributed by atoms with Gasteiger partial charge in [-0.2, -0.15) is 0 Å². The molecule has 2 unspecified atom stereocenters. The summed E-state index contributed by atoms with van der Waals surface area (Å²) in [5, 5.41) is 3.11. The van der Waals surface area contributed by atoms with E-state index in [1.54, 1.807) is 24.3 Å². The molecule has 0 radical (unpaired) electrons. The number of nitrogens with one attached hydrogen (secondary N) is 1. The fourth-order valence-electron chi connectivity index (χ4n) is 2.16. The number of benzene rings is 1. The van der Waals surface area contributed by atoms with Gasteiger partial charge in [-0.1, -0.05) is 30.3 Å². The lowest BCUT2D eigenvalue weighted by Gasteiger charge is -2.17. The number of nitrogens with two attached hydrogens (primary N) is 1. The Morgan fingerprint density at radius 2 is 2.11 bits per heavy atom. The second-order valence-corrected chi connectivity index (χ2v) is 4.64. The Balaban J connectivity index is 1.96. The Bertz CT molecular complexity index is 441. The van der Waals surface area contributed by atoms with Gasteiger partial charge in [0, 0.05) is 24.4 Å². The van der Waals surface area contributed by atoms with Gasteiger partial charge in [0.15, 0.2) is 5.78 Å². The van der Waals surface area contributed by atoms with Crippen LogP contribution in [0.5, 0.6) is 0 Å². The highest BCUT2D eigenvalue weighted by molar-refractivity contribution is 5.98. The van der Waals surface area contributed by atoms with Crippen LogP contribution in [0.25, 0.3) is 0 Å². The molecule has 2 atom stereocenters. The molecule has 1 aliphatic rings. The number of rotatable bonds is 6. The normalized spacial score (nSPS) is 20.1. The minimum atomic E-state index is -0.497. The molecule has 0 bridgehead atoms. The van der Waals surface area contributed by atoms with Crippen molar-refractivity contribution in [2.45, 2.75) is 19.1 Å². The molecule has 5 heteroatoms. The second kappa shape index (κ2) is 6.45. The van der Waals surface area contributed by atoms with Crippen molar-refractivity contribution in [3.8, 4) is 0 Å². The van der Waals surface area contributed by atoms with Gasteiger partial charge in [0.25, 0.3) is 0 Å². The summed E-state index contributed by atoms with van der Waals surface area (Å²) in [6, 6.07) is 8.93. The van der Waals surface area contributed by atoms with E-state index in [4.69, 9.17) is 10.5 Å². The third-order valence-corrected chi connectivity index (χ3v) is 3.22. The Morgan fingerprint density at radius 1 is 1.37 bits per heavy atom. The number of carbonyl (C=O) groups is 2. The molecule has 0 saturated carbocycles. The van der Waals surface area contributed by atoms with Crippen molar-refractivity contribution in [2.75, 3.05) is 13.2 Å². The zero-order chi connectivity index (χ0) is 13.7. The molecule has 0 aromatic heterocycles. The number of hydrogen-bond donors (Lipinski definition) is 2. The van der Waals surface area contributed by atoms with Crippen molar-refractivity contribution in [3.63, 3.8) is 0 Å². The van der Waals surface area contributed by atoms with Crippen LogP contribution in [0.4, 0.5) is 0 Å². The first kappa shape index (κ1) is 13.7. The quantitative estimate of drug-likeness (QED) is 0.739. The van der Waals surface area contributed by atoms with Crippen molar-refractivity contribution < 1.29 is 14.3 Å². The van der Waals surface area contributed by atoms with Crippen molar-refractivity contribution >= 4 is 11.7 Å². The first-order chi connectivity index (χ1) is 9.16. The molecular formula is C14H18N2O3. The maximum atomic E-state index is 12.1. The van der Waals surface area contributed by atoms with Gasteiger partial charge in [0.05, 0.1) is 6.61 Å².